The zero-order valence-corrected chi connectivity index (χ0v) is 10.9. The fourth-order valence-electron chi connectivity index (χ4n) is 2.47. The fraction of sp³-hybridized carbons (Fsp3) is 0.538. The van der Waals surface area contributed by atoms with Crippen LogP contribution in [0, 0.1) is 0 Å². The number of aliphatic hydroxyl groups is 1. The van der Waals surface area contributed by atoms with E-state index in [2.05, 4.69) is 4.98 Å². The molecular weight excluding hydrogens is 252 g/mol. The van der Waals surface area contributed by atoms with E-state index >= 15 is 0 Å². The fourth-order valence-corrected chi connectivity index (χ4v) is 2.65. The minimum Gasteiger partial charge on any atom is -0.395 e. The van der Waals surface area contributed by atoms with E-state index in [1.54, 1.807) is 17.0 Å². The van der Waals surface area contributed by atoms with Crippen LogP contribution < -0.4 is 0 Å². The number of amides is 1. The van der Waals surface area contributed by atoms with Crippen LogP contribution in [0.5, 0.6) is 0 Å². The van der Waals surface area contributed by atoms with Crippen molar-refractivity contribution in [3.05, 3.63) is 29.0 Å². The number of aromatic nitrogens is 1. The first-order valence-electron chi connectivity index (χ1n) is 6.26. The molecule has 0 bridgehead atoms. The Morgan fingerprint density at radius 3 is 2.83 bits per heavy atom. The summed E-state index contributed by atoms with van der Waals surface area (Å²) in [6, 6.07) is 3.48. The molecule has 98 valence electrons. The Bertz CT molecular complexity index is 419. The van der Waals surface area contributed by atoms with E-state index in [4.69, 9.17) is 16.7 Å². The molecule has 1 aromatic heterocycles. The number of carbonyl (C=O) groups is 1. The van der Waals surface area contributed by atoms with Crippen LogP contribution in [-0.2, 0) is 0 Å². The summed E-state index contributed by atoms with van der Waals surface area (Å²) in [5, 5.41) is 9.43. The molecule has 1 amide bonds. The third-order valence-corrected chi connectivity index (χ3v) is 3.55. The standard InChI is InChI=1S/C13H17ClN2O2/c14-12-9-10(5-6-15-12)13(18)16(7-8-17)11-3-1-2-4-11/h5-6,9,11,17H,1-4,7-8H2. The van der Waals surface area contributed by atoms with Crippen molar-refractivity contribution in [2.24, 2.45) is 0 Å². The molecule has 1 N–H and O–H groups in total. The summed E-state index contributed by atoms with van der Waals surface area (Å²) < 4.78 is 0. The molecule has 1 fully saturated rings. The van der Waals surface area contributed by atoms with Gasteiger partial charge in [-0.2, -0.15) is 0 Å². The number of hydrogen-bond donors (Lipinski definition) is 1. The summed E-state index contributed by atoms with van der Waals surface area (Å²) in [4.78, 5) is 18.0. The monoisotopic (exact) mass is 268 g/mol. The van der Waals surface area contributed by atoms with Crippen LogP contribution in [0.4, 0.5) is 0 Å². The van der Waals surface area contributed by atoms with Crippen LogP contribution in [-0.4, -0.2) is 40.1 Å². The van der Waals surface area contributed by atoms with Gasteiger partial charge in [0.1, 0.15) is 5.15 Å². The highest BCUT2D eigenvalue weighted by Gasteiger charge is 2.27. The maximum atomic E-state index is 12.4. The number of rotatable bonds is 4. The van der Waals surface area contributed by atoms with Gasteiger partial charge in [-0.05, 0) is 25.0 Å². The van der Waals surface area contributed by atoms with Crippen LogP contribution >= 0.6 is 11.6 Å². The molecule has 1 aliphatic carbocycles. The van der Waals surface area contributed by atoms with Gasteiger partial charge in [0, 0.05) is 24.3 Å². The molecule has 0 atom stereocenters. The van der Waals surface area contributed by atoms with Crippen molar-refractivity contribution >= 4 is 17.5 Å². The van der Waals surface area contributed by atoms with Crippen LogP contribution in [0.3, 0.4) is 0 Å². The molecule has 0 spiro atoms. The van der Waals surface area contributed by atoms with E-state index < -0.39 is 0 Å². The van der Waals surface area contributed by atoms with Crippen molar-refractivity contribution in [2.45, 2.75) is 31.7 Å². The lowest BCUT2D eigenvalue weighted by atomic mass is 10.1. The largest absolute Gasteiger partial charge is 0.395 e. The molecule has 1 heterocycles. The molecule has 18 heavy (non-hydrogen) atoms. The van der Waals surface area contributed by atoms with Gasteiger partial charge in [-0.15, -0.1) is 0 Å². The van der Waals surface area contributed by atoms with Crippen LogP contribution in [0.1, 0.15) is 36.0 Å². The Labute approximate surface area is 112 Å². The van der Waals surface area contributed by atoms with E-state index in [1.807, 2.05) is 0 Å². The minimum absolute atomic E-state index is 0.0128. The van der Waals surface area contributed by atoms with Crippen LogP contribution in [0.2, 0.25) is 5.15 Å². The van der Waals surface area contributed by atoms with Gasteiger partial charge < -0.3 is 10.0 Å². The molecule has 5 heteroatoms. The average molecular weight is 269 g/mol. The van der Waals surface area contributed by atoms with Crippen molar-refractivity contribution in [3.63, 3.8) is 0 Å². The lowest BCUT2D eigenvalue weighted by molar-refractivity contribution is 0.0638. The van der Waals surface area contributed by atoms with Gasteiger partial charge in [-0.3, -0.25) is 4.79 Å². The molecule has 4 nitrogen and oxygen atoms in total. The summed E-state index contributed by atoms with van der Waals surface area (Å²) >= 11 is 5.80. The molecule has 0 aliphatic heterocycles. The third kappa shape index (κ3) is 3.00. The zero-order chi connectivity index (χ0) is 13.0. The van der Waals surface area contributed by atoms with Gasteiger partial charge in [0.2, 0.25) is 0 Å². The lowest BCUT2D eigenvalue weighted by Crippen LogP contribution is -2.40. The SMILES string of the molecule is O=C(c1ccnc(Cl)c1)N(CCO)C1CCCC1. The first-order chi connectivity index (χ1) is 8.72. The van der Waals surface area contributed by atoms with Gasteiger partial charge in [-0.1, -0.05) is 24.4 Å². The van der Waals surface area contributed by atoms with Gasteiger partial charge in [0.25, 0.3) is 5.91 Å². The van der Waals surface area contributed by atoms with Crippen molar-refractivity contribution in [1.29, 1.82) is 0 Å². The van der Waals surface area contributed by atoms with Crippen molar-refractivity contribution < 1.29 is 9.90 Å². The molecule has 1 aromatic rings. The quantitative estimate of drug-likeness (QED) is 0.851. The second-order valence-electron chi connectivity index (χ2n) is 4.53. The molecule has 0 radical (unpaired) electrons. The Morgan fingerprint density at radius 2 is 2.22 bits per heavy atom. The van der Waals surface area contributed by atoms with Gasteiger partial charge in [-0.25, -0.2) is 4.98 Å². The molecular formula is C13H17ClN2O2. The predicted molar refractivity (Wildman–Crippen MR) is 69.6 cm³/mol. The Kier molecular flexibility index (Phi) is 4.55. The number of carbonyl (C=O) groups excluding carboxylic acids is 1. The third-order valence-electron chi connectivity index (χ3n) is 3.34. The van der Waals surface area contributed by atoms with Crippen molar-refractivity contribution in [1.82, 2.24) is 9.88 Å². The number of hydrogen-bond acceptors (Lipinski definition) is 3. The summed E-state index contributed by atoms with van der Waals surface area (Å²) in [7, 11) is 0. The highest BCUT2D eigenvalue weighted by atomic mass is 35.5. The summed E-state index contributed by atoms with van der Waals surface area (Å²) in [5.74, 6) is -0.0692. The number of aliphatic hydroxyl groups excluding tert-OH is 1. The second kappa shape index (κ2) is 6.16. The Morgan fingerprint density at radius 1 is 1.50 bits per heavy atom. The first-order valence-corrected chi connectivity index (χ1v) is 6.63. The Balaban J connectivity index is 2.17. The number of pyridine rings is 1. The van der Waals surface area contributed by atoms with E-state index in [0.29, 0.717) is 17.3 Å². The predicted octanol–water partition coefficient (Wildman–Crippen LogP) is 2.11. The summed E-state index contributed by atoms with van der Waals surface area (Å²) in [5.41, 5.74) is 0.537. The van der Waals surface area contributed by atoms with E-state index in [-0.39, 0.29) is 18.6 Å². The van der Waals surface area contributed by atoms with Gasteiger partial charge in [0.15, 0.2) is 0 Å². The van der Waals surface area contributed by atoms with Crippen molar-refractivity contribution in [2.75, 3.05) is 13.2 Å². The van der Waals surface area contributed by atoms with Crippen LogP contribution in [0.25, 0.3) is 0 Å². The molecule has 0 unspecified atom stereocenters. The van der Waals surface area contributed by atoms with E-state index in [1.165, 1.54) is 6.20 Å². The normalized spacial score (nSPS) is 15.9. The van der Waals surface area contributed by atoms with Crippen molar-refractivity contribution in [3.8, 4) is 0 Å². The second-order valence-corrected chi connectivity index (χ2v) is 4.91. The highest BCUT2D eigenvalue weighted by molar-refractivity contribution is 6.29. The highest BCUT2D eigenvalue weighted by Crippen LogP contribution is 2.25. The smallest absolute Gasteiger partial charge is 0.254 e. The maximum Gasteiger partial charge on any atom is 0.254 e. The molecule has 1 saturated carbocycles. The van der Waals surface area contributed by atoms with E-state index in [9.17, 15) is 4.79 Å². The maximum absolute atomic E-state index is 12.4. The Hall–Kier alpha value is -1.13. The van der Waals surface area contributed by atoms with Gasteiger partial charge >= 0.3 is 0 Å². The molecule has 0 saturated heterocycles. The zero-order valence-electron chi connectivity index (χ0n) is 10.2. The minimum atomic E-state index is -0.0692. The van der Waals surface area contributed by atoms with Crippen LogP contribution in [0.15, 0.2) is 18.3 Å². The lowest BCUT2D eigenvalue weighted by Gasteiger charge is -2.28. The van der Waals surface area contributed by atoms with E-state index in [0.717, 1.165) is 25.7 Å². The first kappa shape index (κ1) is 13.3. The molecule has 2 rings (SSSR count). The summed E-state index contributed by atoms with van der Waals surface area (Å²) in [6.07, 6.45) is 5.87. The number of nitrogens with zero attached hydrogens (tertiary/aromatic N) is 2. The molecule has 0 aromatic carbocycles. The van der Waals surface area contributed by atoms with Gasteiger partial charge in [0.05, 0.1) is 6.61 Å². The topological polar surface area (TPSA) is 53.4 Å². The number of halogens is 1. The average Bonchev–Trinajstić information content (AvgIpc) is 2.89. The molecule has 1 aliphatic rings. The summed E-state index contributed by atoms with van der Waals surface area (Å²) in [6.45, 7) is 0.366.